The molecule has 0 radical (unpaired) electrons. The first kappa shape index (κ1) is 35.1. The van der Waals surface area contributed by atoms with Gasteiger partial charge in [0.1, 0.15) is 12.1 Å². The van der Waals surface area contributed by atoms with E-state index in [-0.39, 0.29) is 53.9 Å². The number of nitrogens with one attached hydrogen (secondary N) is 4. The number of rotatable bonds is 9. The van der Waals surface area contributed by atoms with Crippen LogP contribution in [-0.2, 0) is 20.8 Å². The second-order valence-corrected chi connectivity index (χ2v) is 13.8. The summed E-state index contributed by atoms with van der Waals surface area (Å²) < 4.78 is 0. The third-order valence-corrected chi connectivity index (χ3v) is 10.7. The van der Waals surface area contributed by atoms with Gasteiger partial charge in [0.2, 0.25) is 17.7 Å². The Morgan fingerprint density at radius 3 is 2.52 bits per heavy atom. The lowest BCUT2D eigenvalue weighted by Crippen LogP contribution is -2.48. The molecule has 2 saturated heterocycles. The molecule has 6 N–H and O–H groups in total. The molecule has 1 aromatic heterocycles. The fraction of sp³-hybridized carbons (Fsp3) is 0.395. The number of carbonyl (C=O) groups excluding carboxylic acids is 4. The zero-order chi connectivity index (χ0) is 34.1. The van der Waals surface area contributed by atoms with Crippen molar-refractivity contribution in [2.75, 3.05) is 25.0 Å². The van der Waals surface area contributed by atoms with Crippen molar-refractivity contribution >= 4 is 52.6 Å². The van der Waals surface area contributed by atoms with Gasteiger partial charge in [0.25, 0.3) is 5.91 Å². The van der Waals surface area contributed by atoms with Gasteiger partial charge < -0.3 is 26.6 Å². The Bertz CT molecular complexity index is 1890. The van der Waals surface area contributed by atoms with Gasteiger partial charge in [-0.1, -0.05) is 30.3 Å². The zero-order valence-corrected chi connectivity index (χ0v) is 28.9. The second-order valence-electron chi connectivity index (χ2n) is 13.8. The predicted molar refractivity (Wildman–Crippen MR) is 195 cm³/mol. The highest BCUT2D eigenvalue weighted by Crippen LogP contribution is 2.32. The third kappa shape index (κ3) is 7.25. The van der Waals surface area contributed by atoms with E-state index in [1.54, 1.807) is 11.1 Å². The van der Waals surface area contributed by atoms with Crippen molar-refractivity contribution in [3.05, 3.63) is 83.6 Å². The summed E-state index contributed by atoms with van der Waals surface area (Å²) in [5.41, 5.74) is 11.7. The Balaban J connectivity index is 0.00000432. The van der Waals surface area contributed by atoms with Gasteiger partial charge in [0.15, 0.2) is 0 Å². The van der Waals surface area contributed by atoms with E-state index in [0.29, 0.717) is 43.2 Å². The van der Waals surface area contributed by atoms with Gasteiger partial charge in [-0.15, -0.1) is 12.4 Å². The van der Waals surface area contributed by atoms with Crippen LogP contribution in [0.5, 0.6) is 0 Å². The molecule has 7 rings (SSSR count). The van der Waals surface area contributed by atoms with Crippen LogP contribution in [0.3, 0.4) is 0 Å². The number of amides is 4. The molecule has 1 saturated carbocycles. The number of H-pyrrole nitrogens is 1. The Kier molecular flexibility index (Phi) is 10.5. The van der Waals surface area contributed by atoms with Crippen molar-refractivity contribution in [1.29, 1.82) is 0 Å². The van der Waals surface area contributed by atoms with E-state index in [1.807, 2.05) is 67.6 Å². The van der Waals surface area contributed by atoms with E-state index >= 15 is 0 Å². The molecule has 12 heteroatoms. The molecule has 2 aliphatic heterocycles. The van der Waals surface area contributed by atoms with Crippen LogP contribution in [0.4, 0.5) is 5.69 Å². The molecular weight excluding hydrogens is 654 g/mol. The number of hydrogen-bond donors (Lipinski definition) is 5. The number of hydrogen-bond acceptors (Lipinski definition) is 6. The quantitative estimate of drug-likeness (QED) is 0.175. The molecule has 2 unspecified atom stereocenters. The molecule has 1 aliphatic carbocycles. The van der Waals surface area contributed by atoms with Gasteiger partial charge in [-0.3, -0.25) is 24.3 Å². The fourth-order valence-corrected chi connectivity index (χ4v) is 7.74. The van der Waals surface area contributed by atoms with Crippen molar-refractivity contribution in [2.24, 2.45) is 23.5 Å². The lowest BCUT2D eigenvalue weighted by Gasteiger charge is -2.28. The molecule has 50 heavy (non-hydrogen) atoms. The molecule has 3 heterocycles. The summed E-state index contributed by atoms with van der Waals surface area (Å²) in [5, 5.41) is 16.9. The van der Waals surface area contributed by atoms with Crippen LogP contribution < -0.4 is 21.7 Å². The summed E-state index contributed by atoms with van der Waals surface area (Å²) in [7, 11) is 0. The first-order valence-electron chi connectivity index (χ1n) is 17.3. The Morgan fingerprint density at radius 2 is 1.78 bits per heavy atom. The highest BCUT2D eigenvalue weighted by Gasteiger charge is 2.45. The summed E-state index contributed by atoms with van der Waals surface area (Å²) in [6, 6.07) is 18.0. The average molecular weight is 698 g/mol. The minimum absolute atomic E-state index is 0. The van der Waals surface area contributed by atoms with E-state index in [4.69, 9.17) is 5.73 Å². The van der Waals surface area contributed by atoms with Crippen molar-refractivity contribution in [3.63, 3.8) is 0 Å². The van der Waals surface area contributed by atoms with Crippen LogP contribution >= 0.6 is 12.4 Å². The number of nitrogens with two attached hydrogens (primary N) is 1. The van der Waals surface area contributed by atoms with Crippen LogP contribution in [0.25, 0.3) is 22.0 Å². The van der Waals surface area contributed by atoms with Crippen molar-refractivity contribution in [2.45, 2.75) is 57.5 Å². The Hall–Kier alpha value is -4.74. The smallest absolute Gasteiger partial charge is 0.254 e. The third-order valence-electron chi connectivity index (χ3n) is 10.7. The fourth-order valence-electron chi connectivity index (χ4n) is 7.74. The highest BCUT2D eigenvalue weighted by molar-refractivity contribution is 6.00. The number of anilines is 1. The summed E-state index contributed by atoms with van der Waals surface area (Å²) in [6.07, 6.45) is 6.25. The summed E-state index contributed by atoms with van der Waals surface area (Å²) >= 11 is 0. The van der Waals surface area contributed by atoms with Crippen LogP contribution in [0.2, 0.25) is 0 Å². The largest absolute Gasteiger partial charge is 0.354 e. The second kappa shape index (κ2) is 15.0. The number of benzene rings is 3. The molecule has 0 bridgehead atoms. The van der Waals surface area contributed by atoms with Crippen LogP contribution in [0, 0.1) is 24.7 Å². The standard InChI is InChI=1S/C38H43N7O4.ClH/c1-22-16-27(38(49)45-15-14-29-20-40-37(48)34(29)45)11-13-31(22)25-6-2-23(3-7-25)17-33(43-35(46)26-8-4-24(19-39)5-9-26)36(47)42-30-12-10-28-21-41-44-32(28)18-30;/h2-3,6-7,10-13,16,18,21,24,26,29,33-34H,4-5,8-9,14-15,17,19-20,39H2,1H3,(H,40,48)(H,41,44)(H,42,47)(H,43,46);1H/t24-,26-,29?,33-,34?;/m0./s1. The number of aromatic amines is 1. The van der Waals surface area contributed by atoms with Gasteiger partial charge in [0.05, 0.1) is 11.7 Å². The summed E-state index contributed by atoms with van der Waals surface area (Å²) in [6.45, 7) is 3.85. The molecule has 3 aliphatic rings. The molecule has 3 fully saturated rings. The molecule has 0 spiro atoms. The molecule has 11 nitrogen and oxygen atoms in total. The molecule has 3 atom stereocenters. The number of fused-ring (bicyclic) bond motifs is 2. The average Bonchev–Trinajstić information content (AvgIpc) is 3.86. The summed E-state index contributed by atoms with van der Waals surface area (Å²) in [5.74, 6) is -0.0556. The van der Waals surface area contributed by atoms with Gasteiger partial charge in [-0.25, -0.2) is 0 Å². The minimum atomic E-state index is -0.776. The highest BCUT2D eigenvalue weighted by atomic mass is 35.5. The number of carbonyl (C=O) groups is 4. The molecule has 262 valence electrons. The maximum absolute atomic E-state index is 13.7. The number of aryl methyl sites for hydroxylation is 1. The van der Waals surface area contributed by atoms with Crippen molar-refractivity contribution in [3.8, 4) is 11.1 Å². The van der Waals surface area contributed by atoms with E-state index in [1.165, 1.54) is 0 Å². The number of likely N-dealkylation sites (tertiary alicyclic amines) is 1. The van der Waals surface area contributed by atoms with Gasteiger partial charge in [-0.05, 0) is 104 Å². The van der Waals surface area contributed by atoms with Crippen molar-refractivity contribution in [1.82, 2.24) is 25.7 Å². The molecule has 3 aromatic carbocycles. The SMILES string of the molecule is Cc1cc(C(=O)N2CCC3CNC(=O)C32)ccc1-c1ccc(C[C@H](NC(=O)[C@H]2CC[C@H](CN)CC2)C(=O)Nc2ccc3cn[nH]c3c2)cc1.Cl. The van der Waals surface area contributed by atoms with Gasteiger partial charge >= 0.3 is 0 Å². The monoisotopic (exact) mass is 697 g/mol. The van der Waals surface area contributed by atoms with Crippen LogP contribution in [0.15, 0.2) is 66.9 Å². The first-order valence-corrected chi connectivity index (χ1v) is 17.3. The maximum Gasteiger partial charge on any atom is 0.254 e. The van der Waals surface area contributed by atoms with Crippen LogP contribution in [0.1, 0.15) is 53.6 Å². The first-order chi connectivity index (χ1) is 23.8. The molecule has 4 aromatic rings. The zero-order valence-electron chi connectivity index (χ0n) is 28.1. The van der Waals surface area contributed by atoms with E-state index in [2.05, 4.69) is 26.1 Å². The minimum Gasteiger partial charge on any atom is -0.354 e. The lowest BCUT2D eigenvalue weighted by molar-refractivity contribution is -0.130. The molecule has 4 amide bonds. The normalized spacial score (nSPS) is 22.0. The van der Waals surface area contributed by atoms with E-state index in [9.17, 15) is 19.2 Å². The van der Waals surface area contributed by atoms with Crippen LogP contribution in [-0.4, -0.2) is 70.4 Å². The van der Waals surface area contributed by atoms with Gasteiger partial charge in [0, 0.05) is 48.0 Å². The number of aromatic nitrogens is 2. The van der Waals surface area contributed by atoms with Crippen molar-refractivity contribution < 1.29 is 19.2 Å². The number of nitrogens with zero attached hydrogens (tertiary/aromatic N) is 2. The van der Waals surface area contributed by atoms with E-state index < -0.39 is 6.04 Å². The number of halogens is 1. The topological polar surface area (TPSA) is 162 Å². The molecular formula is C38H44ClN7O4. The van der Waals surface area contributed by atoms with E-state index in [0.717, 1.165) is 65.3 Å². The predicted octanol–water partition coefficient (Wildman–Crippen LogP) is 4.35. The Labute approximate surface area is 297 Å². The summed E-state index contributed by atoms with van der Waals surface area (Å²) in [4.78, 5) is 54.5. The Morgan fingerprint density at radius 1 is 1.00 bits per heavy atom. The maximum atomic E-state index is 13.7. The lowest BCUT2D eigenvalue weighted by atomic mass is 9.81. The van der Waals surface area contributed by atoms with Gasteiger partial charge in [-0.2, -0.15) is 5.10 Å².